The average molecular weight is 201 g/mol. The Morgan fingerprint density at radius 2 is 2.23 bits per heavy atom. The van der Waals surface area contributed by atoms with Crippen molar-refractivity contribution < 1.29 is 9.84 Å². The Morgan fingerprint density at radius 1 is 1.54 bits per heavy atom. The van der Waals surface area contributed by atoms with Crippen LogP contribution in [0.1, 0.15) is 12.5 Å². The molecule has 13 heavy (non-hydrogen) atoms. The van der Waals surface area contributed by atoms with Crippen LogP contribution in [-0.2, 0) is 6.42 Å². The minimum atomic E-state index is -0.366. The van der Waals surface area contributed by atoms with Crippen LogP contribution in [-0.4, -0.2) is 18.3 Å². The standard InChI is InChI=1S/C10H13ClO2/c1-7(12)5-8-3-4-9(11)6-10(8)13-2/h3-4,6-7,12H,5H2,1-2H3. The largest absolute Gasteiger partial charge is 0.496 e. The van der Waals surface area contributed by atoms with Gasteiger partial charge in [0, 0.05) is 11.4 Å². The molecule has 1 rings (SSSR count). The van der Waals surface area contributed by atoms with Crippen LogP contribution in [0, 0.1) is 0 Å². The van der Waals surface area contributed by atoms with Gasteiger partial charge in [-0.3, -0.25) is 0 Å². The zero-order valence-electron chi connectivity index (χ0n) is 7.75. The lowest BCUT2D eigenvalue weighted by Gasteiger charge is -2.09. The predicted molar refractivity (Wildman–Crippen MR) is 53.4 cm³/mol. The number of benzene rings is 1. The van der Waals surface area contributed by atoms with Gasteiger partial charge in [0.15, 0.2) is 0 Å². The number of methoxy groups -OCH3 is 1. The first kappa shape index (κ1) is 10.4. The van der Waals surface area contributed by atoms with Crippen molar-refractivity contribution in [2.45, 2.75) is 19.4 Å². The van der Waals surface area contributed by atoms with E-state index in [2.05, 4.69) is 0 Å². The molecule has 0 heterocycles. The number of aliphatic hydroxyl groups excluding tert-OH is 1. The van der Waals surface area contributed by atoms with Crippen molar-refractivity contribution in [1.82, 2.24) is 0 Å². The van der Waals surface area contributed by atoms with Gasteiger partial charge in [0.05, 0.1) is 13.2 Å². The molecule has 0 aliphatic rings. The third-order valence-corrected chi connectivity index (χ3v) is 2.00. The molecule has 0 amide bonds. The highest BCUT2D eigenvalue weighted by atomic mass is 35.5. The molecule has 0 radical (unpaired) electrons. The number of halogens is 1. The average Bonchev–Trinajstić information content (AvgIpc) is 2.07. The Labute approximate surface area is 83.1 Å². The summed E-state index contributed by atoms with van der Waals surface area (Å²) in [5, 5.41) is 9.85. The summed E-state index contributed by atoms with van der Waals surface area (Å²) in [5.41, 5.74) is 0.974. The normalized spacial score (nSPS) is 12.6. The van der Waals surface area contributed by atoms with Crippen molar-refractivity contribution in [2.75, 3.05) is 7.11 Å². The van der Waals surface area contributed by atoms with Crippen LogP contribution < -0.4 is 4.74 Å². The third kappa shape index (κ3) is 2.90. The summed E-state index contributed by atoms with van der Waals surface area (Å²) in [6.45, 7) is 1.74. The first-order chi connectivity index (χ1) is 6.13. The molecule has 0 saturated heterocycles. The van der Waals surface area contributed by atoms with Crippen molar-refractivity contribution in [3.05, 3.63) is 28.8 Å². The molecule has 1 unspecified atom stereocenters. The van der Waals surface area contributed by atoms with Gasteiger partial charge >= 0.3 is 0 Å². The van der Waals surface area contributed by atoms with Gasteiger partial charge in [-0.1, -0.05) is 17.7 Å². The molecule has 1 atom stereocenters. The van der Waals surface area contributed by atoms with Crippen LogP contribution in [0.25, 0.3) is 0 Å². The minimum Gasteiger partial charge on any atom is -0.496 e. The first-order valence-electron chi connectivity index (χ1n) is 4.14. The molecule has 3 heteroatoms. The van der Waals surface area contributed by atoms with E-state index < -0.39 is 0 Å². The summed E-state index contributed by atoms with van der Waals surface area (Å²) in [5.74, 6) is 0.730. The topological polar surface area (TPSA) is 29.5 Å². The Bertz CT molecular complexity index is 284. The molecule has 1 N–H and O–H groups in total. The van der Waals surface area contributed by atoms with E-state index in [4.69, 9.17) is 16.3 Å². The minimum absolute atomic E-state index is 0.366. The quantitative estimate of drug-likeness (QED) is 0.811. The fourth-order valence-corrected chi connectivity index (χ4v) is 1.37. The van der Waals surface area contributed by atoms with Crippen molar-refractivity contribution in [2.24, 2.45) is 0 Å². The van der Waals surface area contributed by atoms with Crippen LogP contribution in [0.15, 0.2) is 18.2 Å². The SMILES string of the molecule is COc1cc(Cl)ccc1CC(C)O. The van der Waals surface area contributed by atoms with Crippen LogP contribution in [0.4, 0.5) is 0 Å². The maximum absolute atomic E-state index is 9.21. The van der Waals surface area contributed by atoms with Gasteiger partial charge < -0.3 is 9.84 Å². The molecule has 2 nitrogen and oxygen atoms in total. The number of hydrogen-bond donors (Lipinski definition) is 1. The number of aliphatic hydroxyl groups is 1. The van der Waals surface area contributed by atoms with Gasteiger partial charge in [-0.2, -0.15) is 0 Å². The van der Waals surface area contributed by atoms with Crippen molar-refractivity contribution >= 4 is 11.6 Å². The summed E-state index contributed by atoms with van der Waals surface area (Å²) in [4.78, 5) is 0. The van der Waals surface area contributed by atoms with Crippen molar-refractivity contribution in [3.63, 3.8) is 0 Å². The number of rotatable bonds is 3. The summed E-state index contributed by atoms with van der Waals surface area (Å²) < 4.78 is 5.13. The molecule has 1 aromatic carbocycles. The highest BCUT2D eigenvalue weighted by Gasteiger charge is 2.06. The van der Waals surface area contributed by atoms with E-state index in [0.29, 0.717) is 11.4 Å². The van der Waals surface area contributed by atoms with E-state index >= 15 is 0 Å². The monoisotopic (exact) mass is 200 g/mol. The van der Waals surface area contributed by atoms with E-state index in [0.717, 1.165) is 11.3 Å². The molecule has 72 valence electrons. The molecular formula is C10H13ClO2. The molecule has 1 aromatic rings. The van der Waals surface area contributed by atoms with Crippen LogP contribution in [0.5, 0.6) is 5.75 Å². The van der Waals surface area contributed by atoms with Crippen LogP contribution >= 0.6 is 11.6 Å². The highest BCUT2D eigenvalue weighted by molar-refractivity contribution is 6.30. The Balaban J connectivity index is 2.92. The summed E-state index contributed by atoms with van der Waals surface area (Å²) in [7, 11) is 1.59. The molecule has 0 fully saturated rings. The second-order valence-electron chi connectivity index (χ2n) is 3.01. The Morgan fingerprint density at radius 3 is 2.77 bits per heavy atom. The van der Waals surface area contributed by atoms with Gasteiger partial charge in [0.2, 0.25) is 0 Å². The van der Waals surface area contributed by atoms with Gasteiger partial charge in [-0.15, -0.1) is 0 Å². The lowest BCUT2D eigenvalue weighted by molar-refractivity contribution is 0.194. The molecule has 0 aliphatic heterocycles. The van der Waals surface area contributed by atoms with Gasteiger partial charge in [0.25, 0.3) is 0 Å². The second-order valence-corrected chi connectivity index (χ2v) is 3.45. The third-order valence-electron chi connectivity index (χ3n) is 1.76. The van der Waals surface area contributed by atoms with E-state index in [1.807, 2.05) is 6.07 Å². The second kappa shape index (κ2) is 4.49. The fourth-order valence-electron chi connectivity index (χ4n) is 1.21. The lowest BCUT2D eigenvalue weighted by Crippen LogP contribution is -2.05. The molecule has 0 aromatic heterocycles. The van der Waals surface area contributed by atoms with E-state index in [9.17, 15) is 5.11 Å². The highest BCUT2D eigenvalue weighted by Crippen LogP contribution is 2.24. The maximum Gasteiger partial charge on any atom is 0.123 e. The maximum atomic E-state index is 9.21. The van der Waals surface area contributed by atoms with E-state index in [1.54, 1.807) is 26.2 Å². The van der Waals surface area contributed by atoms with Crippen LogP contribution in [0.3, 0.4) is 0 Å². The molecule has 0 aliphatic carbocycles. The smallest absolute Gasteiger partial charge is 0.123 e. The Kier molecular flexibility index (Phi) is 3.58. The van der Waals surface area contributed by atoms with Crippen molar-refractivity contribution in [1.29, 1.82) is 0 Å². The van der Waals surface area contributed by atoms with E-state index in [1.165, 1.54) is 0 Å². The molecule has 0 bridgehead atoms. The van der Waals surface area contributed by atoms with Gasteiger partial charge in [0.1, 0.15) is 5.75 Å². The first-order valence-corrected chi connectivity index (χ1v) is 4.51. The predicted octanol–water partition coefficient (Wildman–Crippen LogP) is 2.27. The Hall–Kier alpha value is -0.730. The molecule has 0 spiro atoms. The van der Waals surface area contributed by atoms with Gasteiger partial charge in [-0.05, 0) is 24.6 Å². The summed E-state index contributed by atoms with van der Waals surface area (Å²) >= 11 is 5.79. The van der Waals surface area contributed by atoms with Gasteiger partial charge in [-0.25, -0.2) is 0 Å². The number of ether oxygens (including phenoxy) is 1. The summed E-state index contributed by atoms with van der Waals surface area (Å²) in [6, 6.07) is 5.41. The fraction of sp³-hybridized carbons (Fsp3) is 0.400. The molecule has 0 saturated carbocycles. The molecular weight excluding hydrogens is 188 g/mol. The van der Waals surface area contributed by atoms with E-state index in [-0.39, 0.29) is 6.10 Å². The lowest BCUT2D eigenvalue weighted by atomic mass is 10.1. The zero-order chi connectivity index (χ0) is 9.84. The van der Waals surface area contributed by atoms with Crippen LogP contribution in [0.2, 0.25) is 5.02 Å². The number of hydrogen-bond acceptors (Lipinski definition) is 2. The van der Waals surface area contributed by atoms with Crippen molar-refractivity contribution in [3.8, 4) is 5.75 Å². The zero-order valence-corrected chi connectivity index (χ0v) is 8.51. The summed E-state index contributed by atoms with van der Waals surface area (Å²) in [6.07, 6.45) is 0.218.